The van der Waals surface area contributed by atoms with Gasteiger partial charge in [-0.15, -0.1) is 0 Å². The summed E-state index contributed by atoms with van der Waals surface area (Å²) in [7, 11) is 0. The number of urea groups is 1. The van der Waals surface area contributed by atoms with E-state index in [2.05, 4.69) is 5.32 Å². The molecular weight excluding hydrogens is 180 g/mol. The first-order valence-corrected chi connectivity index (χ1v) is 4.16. The van der Waals surface area contributed by atoms with Gasteiger partial charge in [-0.25, -0.2) is 4.79 Å². The predicted octanol–water partition coefficient (Wildman–Crippen LogP) is 1.18. The number of rotatable bonds is 3. The van der Waals surface area contributed by atoms with E-state index in [0.29, 0.717) is 5.69 Å². The van der Waals surface area contributed by atoms with Crippen LogP contribution in [0, 0.1) is 0 Å². The number of aliphatic hydroxyl groups excluding tert-OH is 1. The van der Waals surface area contributed by atoms with Crippen LogP contribution in [0.1, 0.15) is 5.56 Å². The normalized spacial score (nSPS) is 10.4. The number of aliphatic hydroxyl groups is 1. The van der Waals surface area contributed by atoms with E-state index in [1.54, 1.807) is 30.4 Å². The largest absolute Gasteiger partial charge is 0.392 e. The lowest BCUT2D eigenvalue weighted by Gasteiger charge is -2.01. The van der Waals surface area contributed by atoms with Crippen molar-refractivity contribution in [3.63, 3.8) is 0 Å². The Labute approximate surface area is 82.0 Å². The molecule has 1 aromatic rings. The minimum atomic E-state index is -0.590. The molecule has 0 bridgehead atoms. The Balaban J connectivity index is 2.78. The van der Waals surface area contributed by atoms with Crippen molar-refractivity contribution in [2.75, 3.05) is 11.9 Å². The monoisotopic (exact) mass is 192 g/mol. The highest BCUT2D eigenvalue weighted by atomic mass is 16.2. The van der Waals surface area contributed by atoms with Gasteiger partial charge in [0.25, 0.3) is 0 Å². The number of nitrogens with two attached hydrogens (primary N) is 1. The zero-order chi connectivity index (χ0) is 10.4. The van der Waals surface area contributed by atoms with Crippen LogP contribution in [0.5, 0.6) is 0 Å². The smallest absolute Gasteiger partial charge is 0.316 e. The van der Waals surface area contributed by atoms with E-state index in [1.807, 2.05) is 6.07 Å². The van der Waals surface area contributed by atoms with E-state index >= 15 is 0 Å². The van der Waals surface area contributed by atoms with Gasteiger partial charge in [0.1, 0.15) is 0 Å². The molecule has 4 nitrogen and oxygen atoms in total. The van der Waals surface area contributed by atoms with Crippen LogP contribution in [0.4, 0.5) is 10.5 Å². The highest BCUT2D eigenvalue weighted by Gasteiger charge is 1.95. The summed E-state index contributed by atoms with van der Waals surface area (Å²) in [5.74, 6) is 0. The third-order valence-corrected chi connectivity index (χ3v) is 1.57. The van der Waals surface area contributed by atoms with E-state index in [1.165, 1.54) is 0 Å². The molecule has 0 aliphatic carbocycles. The van der Waals surface area contributed by atoms with Gasteiger partial charge in [-0.05, 0) is 17.7 Å². The lowest BCUT2D eigenvalue weighted by molar-refractivity contribution is 0.259. The van der Waals surface area contributed by atoms with Crippen molar-refractivity contribution in [1.82, 2.24) is 0 Å². The van der Waals surface area contributed by atoms with Crippen LogP contribution < -0.4 is 11.1 Å². The molecule has 0 aromatic heterocycles. The number of benzene rings is 1. The Hall–Kier alpha value is -1.81. The number of amides is 2. The number of carbonyl (C=O) groups excluding carboxylic acids is 1. The van der Waals surface area contributed by atoms with Crippen molar-refractivity contribution in [1.29, 1.82) is 0 Å². The summed E-state index contributed by atoms with van der Waals surface area (Å²) in [6.07, 6.45) is 3.37. The average Bonchev–Trinajstić information content (AvgIpc) is 2.14. The summed E-state index contributed by atoms with van der Waals surface area (Å²) in [6.45, 7) is -0.00647. The minimum absolute atomic E-state index is 0.00647. The topological polar surface area (TPSA) is 75.4 Å². The van der Waals surface area contributed by atoms with Gasteiger partial charge in [-0.2, -0.15) is 0 Å². The fraction of sp³-hybridized carbons (Fsp3) is 0.100. The Bertz CT molecular complexity index is 348. The number of nitrogens with one attached hydrogen (secondary N) is 1. The second-order valence-corrected chi connectivity index (χ2v) is 2.70. The van der Waals surface area contributed by atoms with E-state index < -0.39 is 6.03 Å². The van der Waals surface area contributed by atoms with Gasteiger partial charge in [0.15, 0.2) is 0 Å². The van der Waals surface area contributed by atoms with E-state index in [-0.39, 0.29) is 6.61 Å². The maximum absolute atomic E-state index is 10.5. The molecule has 74 valence electrons. The molecule has 4 N–H and O–H groups in total. The quantitative estimate of drug-likeness (QED) is 0.672. The maximum Gasteiger partial charge on any atom is 0.316 e. The number of primary amides is 1. The second kappa shape index (κ2) is 5.04. The van der Waals surface area contributed by atoms with Crippen LogP contribution in [0.2, 0.25) is 0 Å². The van der Waals surface area contributed by atoms with Crippen molar-refractivity contribution in [3.05, 3.63) is 35.9 Å². The second-order valence-electron chi connectivity index (χ2n) is 2.70. The lowest BCUT2D eigenvalue weighted by atomic mass is 10.2. The molecule has 0 heterocycles. The first-order valence-electron chi connectivity index (χ1n) is 4.16. The standard InChI is InChI=1S/C10H12N2O2/c11-10(14)12-9-5-1-3-8(7-9)4-2-6-13/h1-5,7,13H,6H2,(H3,11,12,14). The van der Waals surface area contributed by atoms with Crippen LogP contribution in [-0.2, 0) is 0 Å². The Morgan fingerprint density at radius 1 is 1.57 bits per heavy atom. The molecule has 0 radical (unpaired) electrons. The number of hydrogen-bond acceptors (Lipinski definition) is 2. The van der Waals surface area contributed by atoms with Crippen molar-refractivity contribution < 1.29 is 9.90 Å². The van der Waals surface area contributed by atoms with Gasteiger partial charge in [0.2, 0.25) is 0 Å². The SMILES string of the molecule is NC(=O)Nc1cccc(C=CCO)c1. The molecule has 0 fully saturated rings. The molecule has 0 atom stereocenters. The third-order valence-electron chi connectivity index (χ3n) is 1.57. The van der Waals surface area contributed by atoms with E-state index in [0.717, 1.165) is 5.56 Å². The number of anilines is 1. The zero-order valence-electron chi connectivity index (χ0n) is 7.60. The summed E-state index contributed by atoms with van der Waals surface area (Å²) in [5.41, 5.74) is 6.50. The molecule has 1 rings (SSSR count). The van der Waals surface area contributed by atoms with Gasteiger partial charge in [0, 0.05) is 5.69 Å². The van der Waals surface area contributed by atoms with Gasteiger partial charge in [-0.1, -0.05) is 24.3 Å². The molecule has 0 saturated carbocycles. The van der Waals surface area contributed by atoms with Gasteiger partial charge in [-0.3, -0.25) is 0 Å². The van der Waals surface area contributed by atoms with Gasteiger partial charge < -0.3 is 16.2 Å². The molecule has 0 unspecified atom stereocenters. The summed E-state index contributed by atoms with van der Waals surface area (Å²) >= 11 is 0. The Morgan fingerprint density at radius 3 is 3.00 bits per heavy atom. The first-order chi connectivity index (χ1) is 6.72. The molecule has 14 heavy (non-hydrogen) atoms. The molecule has 4 heteroatoms. The Kier molecular flexibility index (Phi) is 3.69. The molecule has 0 aliphatic rings. The van der Waals surface area contributed by atoms with E-state index in [9.17, 15) is 4.79 Å². The highest BCUT2D eigenvalue weighted by molar-refractivity contribution is 5.88. The van der Waals surface area contributed by atoms with Crippen molar-refractivity contribution in [2.45, 2.75) is 0 Å². The van der Waals surface area contributed by atoms with Gasteiger partial charge in [0.05, 0.1) is 6.61 Å². The van der Waals surface area contributed by atoms with Gasteiger partial charge >= 0.3 is 6.03 Å². The van der Waals surface area contributed by atoms with Crippen LogP contribution >= 0.6 is 0 Å². The van der Waals surface area contributed by atoms with E-state index in [4.69, 9.17) is 10.8 Å². The molecule has 2 amide bonds. The molecule has 0 aliphatic heterocycles. The number of carbonyl (C=O) groups is 1. The molecular formula is C10H12N2O2. The third kappa shape index (κ3) is 3.28. The van der Waals surface area contributed by atoms with Crippen molar-refractivity contribution >= 4 is 17.8 Å². The predicted molar refractivity (Wildman–Crippen MR) is 55.8 cm³/mol. The molecule has 1 aromatic carbocycles. The summed E-state index contributed by atoms with van der Waals surface area (Å²) in [4.78, 5) is 10.5. The molecule has 0 spiro atoms. The van der Waals surface area contributed by atoms with Crippen molar-refractivity contribution in [2.24, 2.45) is 5.73 Å². The average molecular weight is 192 g/mol. The summed E-state index contributed by atoms with van der Waals surface area (Å²) in [5, 5.41) is 11.0. The molecule has 0 saturated heterocycles. The minimum Gasteiger partial charge on any atom is -0.392 e. The zero-order valence-corrected chi connectivity index (χ0v) is 7.60. The fourth-order valence-electron chi connectivity index (χ4n) is 1.05. The van der Waals surface area contributed by atoms with Crippen molar-refractivity contribution in [3.8, 4) is 0 Å². The van der Waals surface area contributed by atoms with Crippen LogP contribution in [0.3, 0.4) is 0 Å². The highest BCUT2D eigenvalue weighted by Crippen LogP contribution is 2.11. The number of hydrogen-bond donors (Lipinski definition) is 3. The van der Waals surface area contributed by atoms with Crippen LogP contribution in [0.15, 0.2) is 30.3 Å². The summed E-state index contributed by atoms with van der Waals surface area (Å²) < 4.78 is 0. The summed E-state index contributed by atoms with van der Waals surface area (Å²) in [6, 6.07) is 6.56. The fourth-order valence-corrected chi connectivity index (χ4v) is 1.05. The maximum atomic E-state index is 10.5. The van der Waals surface area contributed by atoms with Crippen LogP contribution in [-0.4, -0.2) is 17.7 Å². The lowest BCUT2D eigenvalue weighted by Crippen LogP contribution is -2.19. The van der Waals surface area contributed by atoms with Crippen LogP contribution in [0.25, 0.3) is 6.08 Å². The first kappa shape index (κ1) is 10.3. The Morgan fingerprint density at radius 2 is 2.36 bits per heavy atom.